The predicted molar refractivity (Wildman–Crippen MR) is 82.2 cm³/mol. The van der Waals surface area contributed by atoms with Crippen molar-refractivity contribution in [2.75, 3.05) is 13.1 Å². The quantitative estimate of drug-likeness (QED) is 0.856. The van der Waals surface area contributed by atoms with Gasteiger partial charge in [0.2, 0.25) is 0 Å². The molecule has 3 heteroatoms. The monoisotopic (exact) mass is 278 g/mol. The van der Waals surface area contributed by atoms with Crippen molar-refractivity contribution in [2.45, 2.75) is 58.2 Å². The minimum atomic E-state index is -0.151. The van der Waals surface area contributed by atoms with Crippen LogP contribution in [0.3, 0.4) is 0 Å². The standard InChI is InChI=1S/C17H27FN2/c1-3-11-19-14(2)17-6-4-5-12-20(17)13-15-7-9-16(18)10-8-15/h7-10,14,17,19H,3-6,11-13H2,1-2H3. The topological polar surface area (TPSA) is 15.3 Å². The summed E-state index contributed by atoms with van der Waals surface area (Å²) >= 11 is 0. The van der Waals surface area contributed by atoms with Crippen LogP contribution in [0, 0.1) is 5.82 Å². The second-order valence-corrected chi connectivity index (χ2v) is 5.90. The van der Waals surface area contributed by atoms with Crippen molar-refractivity contribution in [3.63, 3.8) is 0 Å². The molecule has 2 nitrogen and oxygen atoms in total. The zero-order chi connectivity index (χ0) is 14.4. The van der Waals surface area contributed by atoms with E-state index >= 15 is 0 Å². The maximum atomic E-state index is 13.0. The van der Waals surface area contributed by atoms with E-state index in [1.807, 2.05) is 12.1 Å². The third-order valence-corrected chi connectivity index (χ3v) is 4.26. The lowest BCUT2D eigenvalue weighted by Gasteiger charge is -2.39. The summed E-state index contributed by atoms with van der Waals surface area (Å²) in [6.07, 6.45) is 5.04. The molecule has 1 saturated heterocycles. The van der Waals surface area contributed by atoms with Crippen LogP contribution in [0.1, 0.15) is 45.1 Å². The van der Waals surface area contributed by atoms with Gasteiger partial charge in [0.25, 0.3) is 0 Å². The number of likely N-dealkylation sites (tertiary alicyclic amines) is 1. The first-order valence-electron chi connectivity index (χ1n) is 7.92. The van der Waals surface area contributed by atoms with E-state index in [-0.39, 0.29) is 5.82 Å². The first-order valence-corrected chi connectivity index (χ1v) is 7.92. The Hall–Kier alpha value is -0.930. The van der Waals surface area contributed by atoms with E-state index < -0.39 is 0 Å². The molecule has 1 aromatic carbocycles. The van der Waals surface area contributed by atoms with Crippen molar-refractivity contribution in [3.8, 4) is 0 Å². The largest absolute Gasteiger partial charge is 0.313 e. The number of nitrogens with one attached hydrogen (secondary N) is 1. The summed E-state index contributed by atoms with van der Waals surface area (Å²) in [7, 11) is 0. The third kappa shape index (κ3) is 4.29. The second-order valence-electron chi connectivity index (χ2n) is 5.90. The van der Waals surface area contributed by atoms with E-state index in [1.165, 1.54) is 31.2 Å². The fraction of sp³-hybridized carbons (Fsp3) is 0.647. The molecule has 0 spiro atoms. The van der Waals surface area contributed by atoms with Crippen molar-refractivity contribution < 1.29 is 4.39 Å². The van der Waals surface area contributed by atoms with Gasteiger partial charge in [-0.3, -0.25) is 4.90 Å². The summed E-state index contributed by atoms with van der Waals surface area (Å²) < 4.78 is 13.0. The molecule has 0 aliphatic carbocycles. The summed E-state index contributed by atoms with van der Waals surface area (Å²) in [6.45, 7) is 7.67. The SMILES string of the molecule is CCCNC(C)C1CCCCN1Cc1ccc(F)cc1. The fourth-order valence-corrected chi connectivity index (χ4v) is 3.11. The molecule has 0 bridgehead atoms. The molecule has 0 saturated carbocycles. The first-order chi connectivity index (χ1) is 9.70. The first kappa shape index (κ1) is 15.5. The molecule has 2 atom stereocenters. The highest BCUT2D eigenvalue weighted by atomic mass is 19.1. The van der Waals surface area contributed by atoms with Crippen molar-refractivity contribution >= 4 is 0 Å². The highest BCUT2D eigenvalue weighted by Crippen LogP contribution is 2.22. The minimum Gasteiger partial charge on any atom is -0.313 e. The zero-order valence-electron chi connectivity index (χ0n) is 12.7. The van der Waals surface area contributed by atoms with Crippen LogP contribution in [-0.2, 0) is 6.54 Å². The van der Waals surface area contributed by atoms with E-state index in [0.29, 0.717) is 12.1 Å². The highest BCUT2D eigenvalue weighted by molar-refractivity contribution is 5.16. The predicted octanol–water partition coefficient (Wildman–Crippen LogP) is 3.57. The summed E-state index contributed by atoms with van der Waals surface area (Å²) in [4.78, 5) is 2.56. The maximum absolute atomic E-state index is 13.0. The Morgan fingerprint density at radius 1 is 1.30 bits per heavy atom. The molecule has 20 heavy (non-hydrogen) atoms. The maximum Gasteiger partial charge on any atom is 0.123 e. The number of piperidine rings is 1. The molecule has 1 aromatic rings. The molecule has 1 N–H and O–H groups in total. The van der Waals surface area contributed by atoms with Gasteiger partial charge in [-0.1, -0.05) is 25.5 Å². The van der Waals surface area contributed by atoms with E-state index in [2.05, 4.69) is 24.1 Å². The van der Waals surface area contributed by atoms with Gasteiger partial charge in [-0.2, -0.15) is 0 Å². The lowest BCUT2D eigenvalue weighted by molar-refractivity contribution is 0.112. The molecular weight excluding hydrogens is 251 g/mol. The average Bonchev–Trinajstić information content (AvgIpc) is 2.48. The van der Waals surface area contributed by atoms with Crippen molar-refractivity contribution in [1.82, 2.24) is 10.2 Å². The minimum absolute atomic E-state index is 0.151. The number of nitrogens with zero attached hydrogens (tertiary/aromatic N) is 1. The van der Waals surface area contributed by atoms with Gasteiger partial charge in [0.05, 0.1) is 0 Å². The average molecular weight is 278 g/mol. The molecule has 1 aliphatic heterocycles. The van der Waals surface area contributed by atoms with Gasteiger partial charge >= 0.3 is 0 Å². The fourth-order valence-electron chi connectivity index (χ4n) is 3.11. The van der Waals surface area contributed by atoms with Crippen LogP contribution in [0.2, 0.25) is 0 Å². The van der Waals surface area contributed by atoms with Gasteiger partial charge in [-0.25, -0.2) is 4.39 Å². The Morgan fingerprint density at radius 2 is 2.05 bits per heavy atom. The molecule has 0 radical (unpaired) electrons. The number of benzene rings is 1. The molecule has 0 amide bonds. The Labute approximate surface area is 122 Å². The van der Waals surface area contributed by atoms with E-state index in [4.69, 9.17) is 0 Å². The van der Waals surface area contributed by atoms with Gasteiger partial charge in [-0.15, -0.1) is 0 Å². The van der Waals surface area contributed by atoms with Gasteiger partial charge in [-0.05, 0) is 57.0 Å². The van der Waals surface area contributed by atoms with Gasteiger partial charge < -0.3 is 5.32 Å². The normalized spacial score (nSPS) is 21.9. The van der Waals surface area contributed by atoms with Crippen LogP contribution >= 0.6 is 0 Å². The van der Waals surface area contributed by atoms with Crippen LogP contribution in [0.4, 0.5) is 4.39 Å². The zero-order valence-corrected chi connectivity index (χ0v) is 12.7. The van der Waals surface area contributed by atoms with Crippen LogP contribution in [0.15, 0.2) is 24.3 Å². The van der Waals surface area contributed by atoms with Crippen LogP contribution in [0.5, 0.6) is 0 Å². The third-order valence-electron chi connectivity index (χ3n) is 4.26. The Bertz CT molecular complexity index is 390. The lowest BCUT2D eigenvalue weighted by Crippen LogP contribution is -2.50. The molecule has 2 rings (SSSR count). The smallest absolute Gasteiger partial charge is 0.123 e. The number of halogens is 1. The number of hydrogen-bond acceptors (Lipinski definition) is 2. The second kappa shape index (κ2) is 7.75. The molecular formula is C17H27FN2. The van der Waals surface area contributed by atoms with Crippen molar-refractivity contribution in [3.05, 3.63) is 35.6 Å². The van der Waals surface area contributed by atoms with Crippen LogP contribution in [-0.4, -0.2) is 30.1 Å². The summed E-state index contributed by atoms with van der Waals surface area (Å²) in [6, 6.07) is 8.06. The summed E-state index contributed by atoms with van der Waals surface area (Å²) in [5.41, 5.74) is 1.21. The highest BCUT2D eigenvalue weighted by Gasteiger charge is 2.26. The number of hydrogen-bond donors (Lipinski definition) is 1. The van der Waals surface area contributed by atoms with Crippen molar-refractivity contribution in [2.24, 2.45) is 0 Å². The lowest BCUT2D eigenvalue weighted by atomic mass is 9.95. The molecule has 1 fully saturated rings. The molecule has 0 aromatic heterocycles. The molecule has 1 aliphatic rings. The molecule has 2 unspecified atom stereocenters. The molecule has 112 valence electrons. The van der Waals surface area contributed by atoms with Crippen LogP contribution in [0.25, 0.3) is 0 Å². The van der Waals surface area contributed by atoms with Crippen LogP contribution < -0.4 is 5.32 Å². The summed E-state index contributed by atoms with van der Waals surface area (Å²) in [5.74, 6) is -0.151. The van der Waals surface area contributed by atoms with E-state index in [0.717, 1.165) is 19.6 Å². The van der Waals surface area contributed by atoms with Crippen molar-refractivity contribution in [1.29, 1.82) is 0 Å². The summed E-state index contributed by atoms with van der Waals surface area (Å²) in [5, 5.41) is 3.63. The van der Waals surface area contributed by atoms with Gasteiger partial charge in [0, 0.05) is 18.6 Å². The molecule has 1 heterocycles. The number of rotatable bonds is 6. The van der Waals surface area contributed by atoms with Gasteiger partial charge in [0.1, 0.15) is 5.82 Å². The Kier molecular flexibility index (Phi) is 5.99. The van der Waals surface area contributed by atoms with E-state index in [1.54, 1.807) is 12.1 Å². The van der Waals surface area contributed by atoms with E-state index in [9.17, 15) is 4.39 Å². The Balaban J connectivity index is 1.97. The van der Waals surface area contributed by atoms with Gasteiger partial charge in [0.15, 0.2) is 0 Å². The Morgan fingerprint density at radius 3 is 2.75 bits per heavy atom.